The van der Waals surface area contributed by atoms with Crippen LogP contribution in [-0.4, -0.2) is 13.7 Å². The summed E-state index contributed by atoms with van der Waals surface area (Å²) in [5, 5.41) is 4.17. The van der Waals surface area contributed by atoms with E-state index in [0.717, 1.165) is 27.6 Å². The summed E-state index contributed by atoms with van der Waals surface area (Å²) in [5.41, 5.74) is 9.01. The molecule has 0 aromatic heterocycles. The number of nitrogens with one attached hydrogen (secondary N) is 1. The van der Waals surface area contributed by atoms with Crippen LogP contribution in [0, 0.1) is 6.92 Å². The highest BCUT2D eigenvalue weighted by Gasteiger charge is 2.10. The SMILES string of the molecule is COc1ccc(NC(CN)c2ccc(C)c(Cl)c2)cc1. The fourth-order valence-electron chi connectivity index (χ4n) is 1.99. The molecule has 0 fully saturated rings. The van der Waals surface area contributed by atoms with Gasteiger partial charge in [-0.3, -0.25) is 0 Å². The Morgan fingerprint density at radius 2 is 1.90 bits per heavy atom. The lowest BCUT2D eigenvalue weighted by atomic mass is 10.0. The van der Waals surface area contributed by atoms with E-state index >= 15 is 0 Å². The number of anilines is 1. The molecule has 1 unspecified atom stereocenters. The molecule has 1 atom stereocenters. The Kier molecular flexibility index (Phi) is 4.88. The van der Waals surface area contributed by atoms with Crippen molar-refractivity contribution in [2.75, 3.05) is 19.0 Å². The van der Waals surface area contributed by atoms with E-state index in [2.05, 4.69) is 11.4 Å². The highest BCUT2D eigenvalue weighted by Crippen LogP contribution is 2.24. The zero-order valence-corrected chi connectivity index (χ0v) is 12.4. The predicted molar refractivity (Wildman–Crippen MR) is 84.6 cm³/mol. The molecule has 0 aliphatic heterocycles. The Labute approximate surface area is 124 Å². The van der Waals surface area contributed by atoms with Crippen molar-refractivity contribution >= 4 is 17.3 Å². The van der Waals surface area contributed by atoms with Gasteiger partial charge in [-0.2, -0.15) is 0 Å². The van der Waals surface area contributed by atoms with Crippen molar-refractivity contribution in [1.82, 2.24) is 0 Å². The second-order valence-electron chi connectivity index (χ2n) is 4.67. The van der Waals surface area contributed by atoms with E-state index in [1.54, 1.807) is 7.11 Å². The second-order valence-corrected chi connectivity index (χ2v) is 5.08. The van der Waals surface area contributed by atoms with E-state index in [0.29, 0.717) is 6.54 Å². The molecule has 0 bridgehead atoms. The van der Waals surface area contributed by atoms with Crippen LogP contribution in [-0.2, 0) is 0 Å². The van der Waals surface area contributed by atoms with Gasteiger partial charge in [0.25, 0.3) is 0 Å². The van der Waals surface area contributed by atoms with Crippen LogP contribution in [0.4, 0.5) is 5.69 Å². The Morgan fingerprint density at radius 1 is 1.20 bits per heavy atom. The molecule has 3 N–H and O–H groups in total. The molecule has 2 aromatic rings. The van der Waals surface area contributed by atoms with E-state index in [1.165, 1.54) is 0 Å². The minimum absolute atomic E-state index is 0.0292. The van der Waals surface area contributed by atoms with Crippen LogP contribution in [0.15, 0.2) is 42.5 Å². The Bertz CT molecular complexity index is 569. The van der Waals surface area contributed by atoms with Gasteiger partial charge in [-0.25, -0.2) is 0 Å². The van der Waals surface area contributed by atoms with Crippen LogP contribution < -0.4 is 15.8 Å². The van der Waals surface area contributed by atoms with Crippen molar-refractivity contribution in [3.63, 3.8) is 0 Å². The van der Waals surface area contributed by atoms with Gasteiger partial charge in [0.2, 0.25) is 0 Å². The number of methoxy groups -OCH3 is 1. The highest BCUT2D eigenvalue weighted by atomic mass is 35.5. The van der Waals surface area contributed by atoms with E-state index < -0.39 is 0 Å². The van der Waals surface area contributed by atoms with Gasteiger partial charge in [-0.05, 0) is 48.4 Å². The lowest BCUT2D eigenvalue weighted by Crippen LogP contribution is -2.20. The number of ether oxygens (including phenoxy) is 1. The fourth-order valence-corrected chi connectivity index (χ4v) is 2.18. The van der Waals surface area contributed by atoms with Crippen LogP contribution >= 0.6 is 11.6 Å². The first-order valence-corrected chi connectivity index (χ1v) is 6.88. The average Bonchev–Trinajstić information content (AvgIpc) is 2.48. The van der Waals surface area contributed by atoms with Gasteiger partial charge in [-0.1, -0.05) is 23.7 Å². The van der Waals surface area contributed by atoms with Crippen molar-refractivity contribution in [3.05, 3.63) is 58.6 Å². The number of benzene rings is 2. The van der Waals surface area contributed by atoms with E-state index in [-0.39, 0.29) is 6.04 Å². The lowest BCUT2D eigenvalue weighted by molar-refractivity contribution is 0.415. The summed E-state index contributed by atoms with van der Waals surface area (Å²) in [5.74, 6) is 0.832. The predicted octanol–water partition coefficient (Wildman–Crippen LogP) is 3.77. The van der Waals surface area contributed by atoms with Gasteiger partial charge in [0.05, 0.1) is 13.2 Å². The van der Waals surface area contributed by atoms with Crippen molar-refractivity contribution in [2.24, 2.45) is 5.73 Å². The van der Waals surface area contributed by atoms with E-state index in [4.69, 9.17) is 22.1 Å². The third kappa shape index (κ3) is 3.44. The van der Waals surface area contributed by atoms with Crippen LogP contribution in [0.2, 0.25) is 5.02 Å². The van der Waals surface area contributed by atoms with Gasteiger partial charge in [0.1, 0.15) is 5.75 Å². The first-order chi connectivity index (χ1) is 9.63. The summed E-state index contributed by atoms with van der Waals surface area (Å²) < 4.78 is 5.14. The molecular formula is C16H19ClN2O. The smallest absolute Gasteiger partial charge is 0.119 e. The number of nitrogens with two attached hydrogens (primary N) is 1. The number of hydrogen-bond donors (Lipinski definition) is 2. The topological polar surface area (TPSA) is 47.3 Å². The molecule has 0 spiro atoms. The maximum absolute atomic E-state index is 6.17. The van der Waals surface area contributed by atoms with Crippen molar-refractivity contribution in [2.45, 2.75) is 13.0 Å². The van der Waals surface area contributed by atoms with Crippen LogP contribution in [0.25, 0.3) is 0 Å². The molecule has 106 valence electrons. The molecule has 3 nitrogen and oxygen atoms in total. The monoisotopic (exact) mass is 290 g/mol. The maximum atomic E-state index is 6.17. The summed E-state index contributed by atoms with van der Waals surface area (Å²) in [6.45, 7) is 2.48. The number of hydrogen-bond acceptors (Lipinski definition) is 3. The zero-order valence-electron chi connectivity index (χ0n) is 11.7. The normalized spacial score (nSPS) is 12.0. The third-order valence-electron chi connectivity index (χ3n) is 3.26. The highest BCUT2D eigenvalue weighted by molar-refractivity contribution is 6.31. The molecule has 0 aliphatic rings. The molecule has 2 rings (SSSR count). The molecular weight excluding hydrogens is 272 g/mol. The number of halogens is 1. The molecule has 4 heteroatoms. The summed E-state index contributed by atoms with van der Waals surface area (Å²) in [4.78, 5) is 0. The molecule has 0 radical (unpaired) electrons. The molecule has 0 saturated carbocycles. The number of aryl methyl sites for hydroxylation is 1. The average molecular weight is 291 g/mol. The van der Waals surface area contributed by atoms with Crippen LogP contribution in [0.3, 0.4) is 0 Å². The van der Waals surface area contributed by atoms with Gasteiger partial charge >= 0.3 is 0 Å². The first kappa shape index (κ1) is 14.7. The molecule has 0 saturated heterocycles. The Hall–Kier alpha value is -1.71. The molecule has 0 heterocycles. The third-order valence-corrected chi connectivity index (χ3v) is 3.67. The molecule has 0 aliphatic carbocycles. The molecule has 20 heavy (non-hydrogen) atoms. The molecule has 0 amide bonds. The summed E-state index contributed by atoms with van der Waals surface area (Å²) in [6, 6.07) is 13.8. The van der Waals surface area contributed by atoms with Gasteiger partial charge < -0.3 is 15.8 Å². The van der Waals surface area contributed by atoms with E-state index in [9.17, 15) is 0 Å². The summed E-state index contributed by atoms with van der Waals surface area (Å²) in [7, 11) is 1.65. The quantitative estimate of drug-likeness (QED) is 0.881. The van der Waals surface area contributed by atoms with E-state index in [1.807, 2.05) is 43.3 Å². The Morgan fingerprint density at radius 3 is 2.45 bits per heavy atom. The fraction of sp³-hybridized carbons (Fsp3) is 0.250. The largest absolute Gasteiger partial charge is 0.497 e. The summed E-state index contributed by atoms with van der Waals surface area (Å²) >= 11 is 6.17. The van der Waals surface area contributed by atoms with Gasteiger partial charge in [-0.15, -0.1) is 0 Å². The Balaban J connectivity index is 2.16. The summed E-state index contributed by atoms with van der Waals surface area (Å²) in [6.07, 6.45) is 0. The number of rotatable bonds is 5. The van der Waals surface area contributed by atoms with Gasteiger partial charge in [0.15, 0.2) is 0 Å². The van der Waals surface area contributed by atoms with Crippen molar-refractivity contribution < 1.29 is 4.74 Å². The zero-order chi connectivity index (χ0) is 14.5. The standard InChI is InChI=1S/C16H19ClN2O/c1-11-3-4-12(9-15(11)17)16(10-18)19-13-5-7-14(20-2)8-6-13/h3-9,16,19H,10,18H2,1-2H3. The van der Waals surface area contributed by atoms with Crippen molar-refractivity contribution in [1.29, 1.82) is 0 Å². The van der Waals surface area contributed by atoms with Crippen molar-refractivity contribution in [3.8, 4) is 5.75 Å². The second kappa shape index (κ2) is 6.64. The minimum Gasteiger partial charge on any atom is -0.497 e. The maximum Gasteiger partial charge on any atom is 0.119 e. The van der Waals surface area contributed by atoms with Gasteiger partial charge in [0, 0.05) is 17.3 Å². The van der Waals surface area contributed by atoms with Crippen LogP contribution in [0.5, 0.6) is 5.75 Å². The molecule has 2 aromatic carbocycles. The first-order valence-electron chi connectivity index (χ1n) is 6.50. The lowest BCUT2D eigenvalue weighted by Gasteiger charge is -2.19. The minimum atomic E-state index is 0.0292. The van der Waals surface area contributed by atoms with Crippen LogP contribution in [0.1, 0.15) is 17.2 Å².